The normalized spacial score (nSPS) is 43.7. The fourth-order valence-corrected chi connectivity index (χ4v) is 1.91. The first-order valence-corrected chi connectivity index (χ1v) is 4.52. The van der Waals surface area contributed by atoms with Crippen LogP contribution in [0.3, 0.4) is 0 Å². The Hall–Kier alpha value is -0.670. The zero-order valence-electron chi connectivity index (χ0n) is 8.05. The van der Waals surface area contributed by atoms with Crippen LogP contribution < -0.4 is 0 Å². The largest absolute Gasteiger partial charge is 0.343 e. The smallest absolute Gasteiger partial charge is 0.189 e. The topological polar surface area (TPSA) is 35.5 Å². The summed E-state index contributed by atoms with van der Waals surface area (Å²) in [6.45, 7) is 7.66. The van der Waals surface area contributed by atoms with E-state index in [9.17, 15) is 4.79 Å². The number of hydrogen-bond donors (Lipinski definition) is 0. The van der Waals surface area contributed by atoms with Crippen LogP contribution in [0.25, 0.3) is 0 Å². The third-order valence-corrected chi connectivity index (χ3v) is 3.09. The van der Waals surface area contributed by atoms with Gasteiger partial charge in [-0.15, -0.1) is 0 Å². The molecule has 0 aromatic heterocycles. The number of carbonyl (C=O) groups excluding carboxylic acids is 1. The summed E-state index contributed by atoms with van der Waals surface area (Å²) in [7, 11) is 0. The fraction of sp³-hybridized carbons (Fsp3) is 0.700. The molecule has 72 valence electrons. The van der Waals surface area contributed by atoms with Crippen LogP contribution >= 0.6 is 0 Å². The molecule has 2 rings (SSSR count). The van der Waals surface area contributed by atoms with Crippen LogP contribution in [0, 0.1) is 0 Å². The molecule has 0 aromatic carbocycles. The number of hydrogen-bond acceptors (Lipinski definition) is 3. The highest BCUT2D eigenvalue weighted by atomic mass is 16.8. The molecule has 0 amide bonds. The molecule has 0 spiro atoms. The van der Waals surface area contributed by atoms with Crippen LogP contribution in [0.15, 0.2) is 12.2 Å². The fourth-order valence-electron chi connectivity index (χ4n) is 1.91. The number of rotatable bonds is 1. The molecule has 2 atom stereocenters. The maximum atomic E-state index is 11.4. The van der Waals surface area contributed by atoms with Crippen LogP contribution in [0.2, 0.25) is 0 Å². The molecule has 2 saturated heterocycles. The van der Waals surface area contributed by atoms with Crippen molar-refractivity contribution >= 4 is 5.78 Å². The van der Waals surface area contributed by atoms with Crippen LogP contribution in [-0.4, -0.2) is 23.8 Å². The first kappa shape index (κ1) is 8.91. The number of fused-ring (bicyclic) bond motifs is 2. The number of ether oxygens (including phenoxy) is 2. The standard InChI is InChI=1S/C10H14O3/c1-7-4-5-10(8(2)11)6-12-9(7,3)13-10/h1,4-6H2,2-3H3. The molecule has 13 heavy (non-hydrogen) atoms. The Kier molecular flexibility index (Phi) is 1.66. The lowest BCUT2D eigenvalue weighted by Gasteiger charge is -2.35. The molecule has 2 aliphatic heterocycles. The molecule has 2 fully saturated rings. The number of Topliss-reactive ketones (excluding diaryl/α,β-unsaturated/α-hetero) is 1. The number of ketones is 1. The van der Waals surface area contributed by atoms with Gasteiger partial charge in [-0.05, 0) is 32.3 Å². The first-order valence-electron chi connectivity index (χ1n) is 4.52. The van der Waals surface area contributed by atoms with E-state index in [4.69, 9.17) is 9.47 Å². The number of carbonyl (C=O) groups is 1. The van der Waals surface area contributed by atoms with E-state index in [2.05, 4.69) is 6.58 Å². The molecule has 0 aromatic rings. The average molecular weight is 182 g/mol. The molecule has 2 unspecified atom stereocenters. The van der Waals surface area contributed by atoms with E-state index in [1.54, 1.807) is 6.92 Å². The lowest BCUT2D eigenvalue weighted by Crippen LogP contribution is -2.45. The highest BCUT2D eigenvalue weighted by Crippen LogP contribution is 2.45. The molecule has 0 N–H and O–H groups in total. The van der Waals surface area contributed by atoms with E-state index in [0.717, 1.165) is 12.0 Å². The summed E-state index contributed by atoms with van der Waals surface area (Å²) in [6, 6.07) is 0. The van der Waals surface area contributed by atoms with E-state index in [-0.39, 0.29) is 5.78 Å². The maximum absolute atomic E-state index is 11.4. The Morgan fingerprint density at radius 2 is 2.31 bits per heavy atom. The van der Waals surface area contributed by atoms with Gasteiger partial charge in [0.05, 0.1) is 6.61 Å². The molecule has 0 aliphatic carbocycles. The van der Waals surface area contributed by atoms with Crippen molar-refractivity contribution in [2.45, 2.75) is 38.1 Å². The SMILES string of the molecule is C=C1CCC2(C(C)=O)COC1(C)O2. The lowest BCUT2D eigenvalue weighted by atomic mass is 9.88. The highest BCUT2D eigenvalue weighted by molar-refractivity contribution is 5.85. The van der Waals surface area contributed by atoms with Gasteiger partial charge in [0.1, 0.15) is 0 Å². The van der Waals surface area contributed by atoms with Crippen LogP contribution in [-0.2, 0) is 14.3 Å². The van der Waals surface area contributed by atoms with Gasteiger partial charge in [-0.25, -0.2) is 0 Å². The van der Waals surface area contributed by atoms with Crippen molar-refractivity contribution in [2.75, 3.05) is 6.61 Å². The summed E-state index contributed by atoms with van der Waals surface area (Å²) in [5.74, 6) is -0.659. The van der Waals surface area contributed by atoms with Crippen LogP contribution in [0.5, 0.6) is 0 Å². The summed E-state index contributed by atoms with van der Waals surface area (Å²) < 4.78 is 11.2. The third-order valence-electron chi connectivity index (χ3n) is 3.09. The molecular weight excluding hydrogens is 168 g/mol. The van der Waals surface area contributed by atoms with Gasteiger partial charge in [0.2, 0.25) is 0 Å². The van der Waals surface area contributed by atoms with E-state index in [1.165, 1.54) is 0 Å². The minimum Gasteiger partial charge on any atom is -0.343 e. The average Bonchev–Trinajstić information content (AvgIpc) is 2.36. The molecule has 3 heteroatoms. The minimum absolute atomic E-state index is 0.0590. The van der Waals surface area contributed by atoms with Crippen molar-refractivity contribution < 1.29 is 14.3 Å². The molecular formula is C10H14O3. The van der Waals surface area contributed by atoms with Gasteiger partial charge < -0.3 is 9.47 Å². The van der Waals surface area contributed by atoms with Gasteiger partial charge in [-0.3, -0.25) is 4.79 Å². The first-order chi connectivity index (χ1) is 5.99. The predicted molar refractivity (Wildman–Crippen MR) is 47.2 cm³/mol. The molecule has 2 bridgehead atoms. The van der Waals surface area contributed by atoms with Crippen molar-refractivity contribution in [3.05, 3.63) is 12.2 Å². The summed E-state index contributed by atoms with van der Waals surface area (Å²) in [6.07, 6.45) is 1.52. The van der Waals surface area contributed by atoms with Gasteiger partial charge in [0.25, 0.3) is 0 Å². The monoisotopic (exact) mass is 182 g/mol. The Morgan fingerprint density at radius 1 is 1.62 bits per heavy atom. The van der Waals surface area contributed by atoms with E-state index < -0.39 is 11.4 Å². The zero-order chi connectivity index (χ0) is 9.69. The second kappa shape index (κ2) is 2.42. The van der Waals surface area contributed by atoms with E-state index >= 15 is 0 Å². The van der Waals surface area contributed by atoms with Crippen LogP contribution in [0.1, 0.15) is 26.7 Å². The third kappa shape index (κ3) is 1.07. The molecule has 2 heterocycles. The summed E-state index contributed by atoms with van der Waals surface area (Å²) in [5, 5.41) is 0. The predicted octanol–water partition coefficient (Wildman–Crippen LogP) is 1.43. The quantitative estimate of drug-likeness (QED) is 0.575. The van der Waals surface area contributed by atoms with Gasteiger partial charge in [0.15, 0.2) is 17.2 Å². The Labute approximate surface area is 77.7 Å². The van der Waals surface area contributed by atoms with Crippen molar-refractivity contribution in [1.29, 1.82) is 0 Å². The molecule has 0 radical (unpaired) electrons. The highest BCUT2D eigenvalue weighted by Gasteiger charge is 2.55. The summed E-state index contributed by atoms with van der Waals surface area (Å²) >= 11 is 0. The minimum atomic E-state index is -0.718. The van der Waals surface area contributed by atoms with E-state index in [0.29, 0.717) is 13.0 Å². The second-order valence-electron chi connectivity index (χ2n) is 3.99. The Morgan fingerprint density at radius 3 is 2.92 bits per heavy atom. The summed E-state index contributed by atoms with van der Waals surface area (Å²) in [4.78, 5) is 11.4. The van der Waals surface area contributed by atoms with Crippen molar-refractivity contribution in [2.24, 2.45) is 0 Å². The Bertz CT molecular complexity index is 284. The Balaban J connectivity index is 2.33. The maximum Gasteiger partial charge on any atom is 0.189 e. The van der Waals surface area contributed by atoms with Gasteiger partial charge in [0, 0.05) is 0 Å². The van der Waals surface area contributed by atoms with E-state index in [1.807, 2.05) is 6.92 Å². The van der Waals surface area contributed by atoms with Gasteiger partial charge in [-0.1, -0.05) is 6.58 Å². The summed E-state index contributed by atoms with van der Waals surface area (Å²) in [5.41, 5.74) is 0.248. The zero-order valence-corrected chi connectivity index (χ0v) is 8.05. The lowest BCUT2D eigenvalue weighted by molar-refractivity contribution is -0.174. The second-order valence-corrected chi connectivity index (χ2v) is 3.99. The molecule has 0 saturated carbocycles. The van der Waals surface area contributed by atoms with Gasteiger partial charge >= 0.3 is 0 Å². The molecule has 2 aliphatic rings. The van der Waals surface area contributed by atoms with Crippen molar-refractivity contribution in [1.82, 2.24) is 0 Å². The van der Waals surface area contributed by atoms with Crippen LogP contribution in [0.4, 0.5) is 0 Å². The van der Waals surface area contributed by atoms with Crippen molar-refractivity contribution in [3.63, 3.8) is 0 Å². The van der Waals surface area contributed by atoms with Crippen molar-refractivity contribution in [3.8, 4) is 0 Å². The molecule has 3 nitrogen and oxygen atoms in total. The van der Waals surface area contributed by atoms with Gasteiger partial charge in [-0.2, -0.15) is 0 Å².